The monoisotopic (exact) mass is 230 g/mol. The van der Waals surface area contributed by atoms with Crippen molar-refractivity contribution in [2.24, 2.45) is 5.92 Å². The molecule has 0 aromatic heterocycles. The van der Waals surface area contributed by atoms with Gasteiger partial charge in [-0.2, -0.15) is 0 Å². The number of hydrogen-bond donors (Lipinski definition) is 0. The Morgan fingerprint density at radius 1 is 1.19 bits per heavy atom. The molecule has 16 heavy (non-hydrogen) atoms. The van der Waals surface area contributed by atoms with E-state index in [2.05, 4.69) is 4.74 Å². The van der Waals surface area contributed by atoms with E-state index in [1.54, 1.807) is 13.8 Å². The van der Waals surface area contributed by atoms with Crippen LogP contribution in [-0.4, -0.2) is 37.4 Å². The SMILES string of the molecule is COC(=O)C(CC(=O)C(C)(C)OC)C(C)=O. The van der Waals surface area contributed by atoms with Crippen molar-refractivity contribution >= 4 is 17.5 Å². The van der Waals surface area contributed by atoms with Crippen LogP contribution < -0.4 is 0 Å². The third-order valence-electron chi connectivity index (χ3n) is 2.55. The van der Waals surface area contributed by atoms with E-state index in [0.717, 1.165) is 0 Å². The highest BCUT2D eigenvalue weighted by atomic mass is 16.5. The van der Waals surface area contributed by atoms with E-state index < -0.39 is 17.5 Å². The summed E-state index contributed by atoms with van der Waals surface area (Å²) < 4.78 is 9.45. The van der Waals surface area contributed by atoms with Crippen LogP contribution in [-0.2, 0) is 23.9 Å². The summed E-state index contributed by atoms with van der Waals surface area (Å²) >= 11 is 0. The molecule has 5 nitrogen and oxygen atoms in total. The maximum absolute atomic E-state index is 11.7. The van der Waals surface area contributed by atoms with Crippen molar-refractivity contribution in [1.29, 1.82) is 0 Å². The number of carbonyl (C=O) groups excluding carboxylic acids is 3. The summed E-state index contributed by atoms with van der Waals surface area (Å²) in [5.41, 5.74) is -0.998. The molecule has 0 bridgehead atoms. The highest BCUT2D eigenvalue weighted by Gasteiger charge is 2.34. The lowest BCUT2D eigenvalue weighted by Gasteiger charge is -2.22. The van der Waals surface area contributed by atoms with Crippen molar-refractivity contribution in [1.82, 2.24) is 0 Å². The zero-order chi connectivity index (χ0) is 12.9. The van der Waals surface area contributed by atoms with Gasteiger partial charge in [0.05, 0.1) is 7.11 Å². The van der Waals surface area contributed by atoms with Gasteiger partial charge >= 0.3 is 5.97 Å². The Hall–Kier alpha value is -1.23. The van der Waals surface area contributed by atoms with Gasteiger partial charge in [-0.3, -0.25) is 14.4 Å². The van der Waals surface area contributed by atoms with Crippen LogP contribution in [0.15, 0.2) is 0 Å². The average molecular weight is 230 g/mol. The molecule has 0 spiro atoms. The number of Topliss-reactive ketones (excluding diaryl/α,β-unsaturated/α-hetero) is 2. The summed E-state index contributed by atoms with van der Waals surface area (Å²) in [6.45, 7) is 4.43. The van der Waals surface area contributed by atoms with Gasteiger partial charge in [-0.05, 0) is 20.8 Å². The zero-order valence-electron chi connectivity index (χ0n) is 10.3. The van der Waals surface area contributed by atoms with Gasteiger partial charge in [0, 0.05) is 13.5 Å². The van der Waals surface area contributed by atoms with E-state index >= 15 is 0 Å². The molecule has 0 saturated carbocycles. The number of ketones is 2. The van der Waals surface area contributed by atoms with E-state index in [4.69, 9.17) is 4.74 Å². The molecule has 92 valence electrons. The molecule has 5 heteroatoms. The molecule has 0 aromatic rings. The Bertz CT molecular complexity index is 293. The molecular formula is C11H18O5. The van der Waals surface area contributed by atoms with Gasteiger partial charge in [-0.15, -0.1) is 0 Å². The standard InChI is InChI=1S/C11H18O5/c1-7(12)8(10(14)15-4)6-9(13)11(2,3)16-5/h8H,6H2,1-5H3. The third-order valence-corrected chi connectivity index (χ3v) is 2.55. The fourth-order valence-corrected chi connectivity index (χ4v) is 1.08. The van der Waals surface area contributed by atoms with Crippen molar-refractivity contribution in [3.8, 4) is 0 Å². The molecule has 0 aliphatic carbocycles. The van der Waals surface area contributed by atoms with Gasteiger partial charge in [0.2, 0.25) is 0 Å². The summed E-state index contributed by atoms with van der Waals surface area (Å²) in [7, 11) is 2.59. The average Bonchev–Trinajstić information content (AvgIpc) is 2.23. The van der Waals surface area contributed by atoms with Crippen molar-refractivity contribution in [3.63, 3.8) is 0 Å². The van der Waals surface area contributed by atoms with E-state index in [1.807, 2.05) is 0 Å². The van der Waals surface area contributed by atoms with Crippen LogP contribution in [0.2, 0.25) is 0 Å². The van der Waals surface area contributed by atoms with Gasteiger partial charge in [-0.25, -0.2) is 0 Å². The molecule has 0 heterocycles. The second-order valence-corrected chi connectivity index (χ2v) is 4.03. The first kappa shape index (κ1) is 14.8. The normalized spacial score (nSPS) is 13.1. The molecule has 0 fully saturated rings. The van der Waals surface area contributed by atoms with E-state index in [9.17, 15) is 14.4 Å². The molecule has 0 radical (unpaired) electrons. The lowest BCUT2D eigenvalue weighted by Crippen LogP contribution is -2.38. The zero-order valence-corrected chi connectivity index (χ0v) is 10.3. The lowest BCUT2D eigenvalue weighted by atomic mass is 9.91. The molecule has 1 unspecified atom stereocenters. The van der Waals surface area contributed by atoms with Gasteiger partial charge in [-0.1, -0.05) is 0 Å². The summed E-state index contributed by atoms with van der Waals surface area (Å²) in [5, 5.41) is 0. The van der Waals surface area contributed by atoms with E-state index in [0.29, 0.717) is 0 Å². The van der Waals surface area contributed by atoms with Crippen molar-refractivity contribution in [2.75, 3.05) is 14.2 Å². The minimum atomic E-state index is -1.04. The summed E-state index contributed by atoms with van der Waals surface area (Å²) in [4.78, 5) is 34.2. The quantitative estimate of drug-likeness (QED) is 0.497. The number of hydrogen-bond acceptors (Lipinski definition) is 5. The predicted molar refractivity (Wildman–Crippen MR) is 56.9 cm³/mol. The number of ether oxygens (including phenoxy) is 2. The first-order valence-electron chi connectivity index (χ1n) is 4.93. The van der Waals surface area contributed by atoms with Crippen LogP contribution in [0.4, 0.5) is 0 Å². The summed E-state index contributed by atoms with van der Waals surface area (Å²) in [6.07, 6.45) is -0.192. The summed E-state index contributed by atoms with van der Waals surface area (Å²) in [5.74, 6) is -2.41. The minimum Gasteiger partial charge on any atom is -0.468 e. The molecular weight excluding hydrogens is 212 g/mol. The van der Waals surface area contributed by atoms with Crippen molar-refractivity contribution in [2.45, 2.75) is 32.8 Å². The second-order valence-electron chi connectivity index (χ2n) is 4.03. The summed E-state index contributed by atoms with van der Waals surface area (Å²) in [6, 6.07) is 0. The van der Waals surface area contributed by atoms with Crippen molar-refractivity contribution in [3.05, 3.63) is 0 Å². The van der Waals surface area contributed by atoms with Gasteiger partial charge in [0.1, 0.15) is 17.3 Å². The minimum absolute atomic E-state index is 0.192. The van der Waals surface area contributed by atoms with Crippen LogP contribution in [0.3, 0.4) is 0 Å². The van der Waals surface area contributed by atoms with Crippen LogP contribution >= 0.6 is 0 Å². The first-order valence-corrected chi connectivity index (χ1v) is 4.93. The van der Waals surface area contributed by atoms with Crippen LogP contribution in [0.25, 0.3) is 0 Å². The van der Waals surface area contributed by atoms with Crippen molar-refractivity contribution < 1.29 is 23.9 Å². The molecule has 0 rings (SSSR count). The lowest BCUT2D eigenvalue weighted by molar-refractivity contribution is -0.153. The Morgan fingerprint density at radius 2 is 1.69 bits per heavy atom. The highest BCUT2D eigenvalue weighted by Crippen LogP contribution is 2.17. The molecule has 0 aromatic carbocycles. The molecule has 0 aliphatic rings. The van der Waals surface area contributed by atoms with Gasteiger partial charge < -0.3 is 9.47 Å². The number of esters is 1. The third kappa shape index (κ3) is 3.73. The number of carbonyl (C=O) groups is 3. The van der Waals surface area contributed by atoms with Crippen LogP contribution in [0.5, 0.6) is 0 Å². The highest BCUT2D eigenvalue weighted by molar-refractivity contribution is 6.02. The van der Waals surface area contributed by atoms with E-state index in [1.165, 1.54) is 21.1 Å². The smallest absolute Gasteiger partial charge is 0.316 e. The maximum Gasteiger partial charge on any atom is 0.316 e. The second kappa shape index (κ2) is 5.75. The molecule has 0 N–H and O–H groups in total. The van der Waals surface area contributed by atoms with Crippen LogP contribution in [0.1, 0.15) is 27.2 Å². The molecule has 0 saturated heterocycles. The molecule has 0 aliphatic heterocycles. The fourth-order valence-electron chi connectivity index (χ4n) is 1.08. The van der Waals surface area contributed by atoms with Crippen LogP contribution in [0, 0.1) is 5.92 Å². The fraction of sp³-hybridized carbons (Fsp3) is 0.727. The largest absolute Gasteiger partial charge is 0.468 e. The topological polar surface area (TPSA) is 69.7 Å². The first-order chi connectivity index (χ1) is 7.26. The Morgan fingerprint density at radius 3 is 2.00 bits per heavy atom. The molecule has 1 atom stereocenters. The predicted octanol–water partition coefficient (Wildman–Crippen LogP) is 0.749. The van der Waals surface area contributed by atoms with Gasteiger partial charge in [0.15, 0.2) is 5.78 Å². The maximum atomic E-state index is 11.7. The Labute approximate surface area is 95.1 Å². The molecule has 0 amide bonds. The Kier molecular flexibility index (Phi) is 5.30. The number of rotatable bonds is 6. The van der Waals surface area contributed by atoms with E-state index in [-0.39, 0.29) is 18.0 Å². The Balaban J connectivity index is 4.72. The number of methoxy groups -OCH3 is 2. The van der Waals surface area contributed by atoms with Gasteiger partial charge in [0.25, 0.3) is 0 Å².